The zero-order valence-electron chi connectivity index (χ0n) is 12.1. The molecule has 1 saturated heterocycles. The van der Waals surface area contributed by atoms with Crippen LogP contribution in [0.4, 0.5) is 0 Å². The maximum absolute atomic E-state index is 12.3. The summed E-state index contributed by atoms with van der Waals surface area (Å²) in [4.78, 5) is 25.1. The number of nitrogens with zero attached hydrogens (tertiary/aromatic N) is 1. The van der Waals surface area contributed by atoms with E-state index >= 15 is 0 Å². The van der Waals surface area contributed by atoms with Gasteiger partial charge < -0.3 is 24.8 Å². The van der Waals surface area contributed by atoms with Crippen LogP contribution >= 0.6 is 0 Å². The molecule has 0 aromatic heterocycles. The third-order valence-electron chi connectivity index (χ3n) is 3.82. The van der Waals surface area contributed by atoms with E-state index < -0.39 is 12.0 Å². The van der Waals surface area contributed by atoms with E-state index in [2.05, 4.69) is 0 Å². The van der Waals surface area contributed by atoms with Crippen molar-refractivity contribution in [3.63, 3.8) is 0 Å². The van der Waals surface area contributed by atoms with Crippen LogP contribution in [-0.2, 0) is 20.7 Å². The molecule has 1 atom stereocenters. The van der Waals surface area contributed by atoms with Crippen LogP contribution in [0.1, 0.15) is 12.0 Å². The molecule has 118 valence electrons. The second-order valence-corrected chi connectivity index (χ2v) is 5.25. The Labute approximate surface area is 127 Å². The number of amides is 2. The second-order valence-electron chi connectivity index (χ2n) is 5.25. The van der Waals surface area contributed by atoms with Gasteiger partial charge in [0.05, 0.1) is 13.2 Å². The van der Waals surface area contributed by atoms with E-state index in [1.165, 1.54) is 0 Å². The lowest BCUT2D eigenvalue weighted by atomic mass is 10.1. The predicted octanol–water partition coefficient (Wildman–Crippen LogP) is 0.0606. The topological polar surface area (TPSA) is 91.1 Å². The molecule has 0 spiro atoms. The summed E-state index contributed by atoms with van der Waals surface area (Å²) in [6.45, 7) is 1.25. The summed E-state index contributed by atoms with van der Waals surface area (Å²) in [5.74, 6) is 0.868. The number of nitrogens with two attached hydrogens (primary N) is 1. The third-order valence-corrected chi connectivity index (χ3v) is 3.82. The number of morpholine rings is 1. The number of fused-ring (bicyclic) bond motifs is 1. The molecule has 0 radical (unpaired) electrons. The second kappa shape index (κ2) is 6.23. The van der Waals surface area contributed by atoms with Gasteiger partial charge in [0.1, 0.15) is 0 Å². The van der Waals surface area contributed by atoms with Gasteiger partial charge in [0, 0.05) is 13.0 Å². The first-order valence-corrected chi connectivity index (χ1v) is 7.21. The number of ether oxygens (including phenoxy) is 3. The summed E-state index contributed by atoms with van der Waals surface area (Å²) in [6.07, 6.45) is 0.185. The average molecular weight is 306 g/mol. The molecule has 0 aliphatic carbocycles. The normalized spacial score (nSPS) is 20.0. The average Bonchev–Trinajstić information content (AvgIpc) is 3.01. The van der Waals surface area contributed by atoms with E-state index in [9.17, 15) is 9.59 Å². The number of aryl methyl sites for hydroxylation is 1. The molecule has 22 heavy (non-hydrogen) atoms. The van der Waals surface area contributed by atoms with Crippen molar-refractivity contribution in [1.82, 2.24) is 4.90 Å². The SMILES string of the molecule is NC(=O)C1CN(C(=O)CCc2cccc3c2OCO3)CCO1. The number of para-hydroxylation sites is 1. The Kier molecular flexibility index (Phi) is 4.15. The van der Waals surface area contributed by atoms with Crippen LogP contribution in [0.2, 0.25) is 0 Å². The zero-order valence-corrected chi connectivity index (χ0v) is 12.1. The van der Waals surface area contributed by atoms with Gasteiger partial charge in [-0.15, -0.1) is 0 Å². The first-order chi connectivity index (χ1) is 10.6. The van der Waals surface area contributed by atoms with Crippen molar-refractivity contribution in [3.8, 4) is 11.5 Å². The first kappa shape index (κ1) is 14.6. The lowest BCUT2D eigenvalue weighted by Crippen LogP contribution is -2.50. The molecule has 3 rings (SSSR count). The van der Waals surface area contributed by atoms with Gasteiger partial charge in [-0.1, -0.05) is 12.1 Å². The molecule has 7 heteroatoms. The molecule has 2 aliphatic rings. The lowest BCUT2D eigenvalue weighted by Gasteiger charge is -2.31. The quantitative estimate of drug-likeness (QED) is 0.849. The van der Waals surface area contributed by atoms with Crippen LogP contribution in [0, 0.1) is 0 Å². The molecule has 2 N–H and O–H groups in total. The fraction of sp³-hybridized carbons (Fsp3) is 0.467. The number of primary amides is 1. The Morgan fingerprint density at radius 2 is 2.18 bits per heavy atom. The van der Waals surface area contributed by atoms with E-state index in [4.69, 9.17) is 19.9 Å². The number of carbonyl (C=O) groups is 2. The lowest BCUT2D eigenvalue weighted by molar-refractivity contribution is -0.145. The molecule has 1 aromatic carbocycles. The van der Waals surface area contributed by atoms with Gasteiger partial charge in [0.25, 0.3) is 0 Å². The fourth-order valence-electron chi connectivity index (χ4n) is 2.64. The zero-order chi connectivity index (χ0) is 15.5. The highest BCUT2D eigenvalue weighted by Gasteiger charge is 2.27. The molecule has 1 unspecified atom stereocenters. The van der Waals surface area contributed by atoms with E-state index in [1.54, 1.807) is 4.90 Å². The minimum absolute atomic E-state index is 0.0222. The largest absolute Gasteiger partial charge is 0.454 e. The Hall–Kier alpha value is -2.28. The van der Waals surface area contributed by atoms with E-state index in [0.717, 1.165) is 5.56 Å². The third kappa shape index (κ3) is 2.99. The Morgan fingerprint density at radius 3 is 3.00 bits per heavy atom. The van der Waals surface area contributed by atoms with Crippen molar-refractivity contribution in [3.05, 3.63) is 23.8 Å². The highest BCUT2D eigenvalue weighted by Crippen LogP contribution is 2.35. The molecule has 2 heterocycles. The number of hydrogen-bond donors (Lipinski definition) is 1. The van der Waals surface area contributed by atoms with Crippen molar-refractivity contribution in [1.29, 1.82) is 0 Å². The molecule has 1 aromatic rings. The number of hydrogen-bond acceptors (Lipinski definition) is 5. The summed E-state index contributed by atoms with van der Waals surface area (Å²) in [5.41, 5.74) is 6.17. The van der Waals surface area contributed by atoms with Crippen molar-refractivity contribution >= 4 is 11.8 Å². The highest BCUT2D eigenvalue weighted by molar-refractivity contribution is 5.81. The monoisotopic (exact) mass is 306 g/mol. The van der Waals surface area contributed by atoms with Gasteiger partial charge in [-0.3, -0.25) is 9.59 Å². The Balaban J connectivity index is 1.59. The summed E-state index contributed by atoms with van der Waals surface area (Å²) in [5, 5.41) is 0. The molecular formula is C15H18N2O5. The van der Waals surface area contributed by atoms with Gasteiger partial charge >= 0.3 is 0 Å². The molecule has 2 aliphatic heterocycles. The van der Waals surface area contributed by atoms with E-state index in [0.29, 0.717) is 37.5 Å². The summed E-state index contributed by atoms with van der Waals surface area (Å²) in [7, 11) is 0. The van der Waals surface area contributed by atoms with E-state index in [-0.39, 0.29) is 19.2 Å². The van der Waals surface area contributed by atoms with Gasteiger partial charge in [-0.2, -0.15) is 0 Å². The van der Waals surface area contributed by atoms with Crippen molar-refractivity contribution < 1.29 is 23.8 Å². The van der Waals surface area contributed by atoms with Gasteiger partial charge in [-0.05, 0) is 18.1 Å². The fourth-order valence-corrected chi connectivity index (χ4v) is 2.64. The van der Waals surface area contributed by atoms with Crippen LogP contribution in [0.25, 0.3) is 0 Å². The molecule has 0 saturated carbocycles. The summed E-state index contributed by atoms with van der Waals surface area (Å²) >= 11 is 0. The van der Waals surface area contributed by atoms with Crippen molar-refractivity contribution in [2.45, 2.75) is 18.9 Å². The van der Waals surface area contributed by atoms with Crippen LogP contribution in [-0.4, -0.2) is 49.3 Å². The molecular weight excluding hydrogens is 288 g/mol. The molecule has 1 fully saturated rings. The molecule has 2 amide bonds. The number of benzene rings is 1. The van der Waals surface area contributed by atoms with Crippen molar-refractivity contribution in [2.24, 2.45) is 5.73 Å². The van der Waals surface area contributed by atoms with Gasteiger partial charge in [0.15, 0.2) is 17.6 Å². The number of carbonyl (C=O) groups excluding carboxylic acids is 2. The van der Waals surface area contributed by atoms with E-state index in [1.807, 2.05) is 18.2 Å². The minimum atomic E-state index is -0.713. The van der Waals surface area contributed by atoms with Gasteiger partial charge in [0.2, 0.25) is 18.6 Å². The van der Waals surface area contributed by atoms with Crippen LogP contribution in [0.5, 0.6) is 11.5 Å². The predicted molar refractivity (Wildman–Crippen MR) is 76.4 cm³/mol. The minimum Gasteiger partial charge on any atom is -0.454 e. The maximum atomic E-state index is 12.3. The Morgan fingerprint density at radius 1 is 1.32 bits per heavy atom. The number of rotatable bonds is 4. The van der Waals surface area contributed by atoms with Crippen LogP contribution in [0.3, 0.4) is 0 Å². The summed E-state index contributed by atoms with van der Waals surface area (Å²) in [6, 6.07) is 5.64. The smallest absolute Gasteiger partial charge is 0.248 e. The molecule has 0 bridgehead atoms. The summed E-state index contributed by atoms with van der Waals surface area (Å²) < 4.78 is 16.0. The Bertz CT molecular complexity index is 589. The van der Waals surface area contributed by atoms with Crippen molar-refractivity contribution in [2.75, 3.05) is 26.5 Å². The standard InChI is InChI=1S/C15H18N2O5/c16-15(19)12-8-17(6-7-20-12)13(18)5-4-10-2-1-3-11-14(10)22-9-21-11/h1-3,12H,4-9H2,(H2,16,19). The maximum Gasteiger partial charge on any atom is 0.248 e. The van der Waals surface area contributed by atoms with Crippen LogP contribution < -0.4 is 15.2 Å². The molecule has 7 nitrogen and oxygen atoms in total. The first-order valence-electron chi connectivity index (χ1n) is 7.21. The van der Waals surface area contributed by atoms with Crippen LogP contribution in [0.15, 0.2) is 18.2 Å². The highest BCUT2D eigenvalue weighted by atomic mass is 16.7. The van der Waals surface area contributed by atoms with Gasteiger partial charge in [-0.25, -0.2) is 0 Å².